The molecule has 0 bridgehead atoms. The van der Waals surface area contributed by atoms with Crippen LogP contribution in [-0.2, 0) is 17.8 Å². The highest BCUT2D eigenvalue weighted by molar-refractivity contribution is 9.10. The molecule has 2 fully saturated rings. The van der Waals surface area contributed by atoms with Crippen LogP contribution in [0.15, 0.2) is 68.8 Å². The van der Waals surface area contributed by atoms with Crippen molar-refractivity contribution in [2.24, 2.45) is 0 Å². The molecule has 0 radical (unpaired) electrons. The van der Waals surface area contributed by atoms with Crippen molar-refractivity contribution in [2.75, 3.05) is 6.54 Å². The van der Waals surface area contributed by atoms with Crippen LogP contribution in [0.5, 0.6) is 0 Å². The lowest BCUT2D eigenvalue weighted by Crippen LogP contribution is -2.43. The topological polar surface area (TPSA) is 106 Å². The number of nitrogens with one attached hydrogen (secondary N) is 1. The van der Waals surface area contributed by atoms with Gasteiger partial charge in [-0.2, -0.15) is 0 Å². The molecule has 1 N–H and O–H groups in total. The number of H-pyrrole nitrogens is 1. The number of nitrogens with zero attached hydrogens (tertiary/aromatic N) is 5. The van der Waals surface area contributed by atoms with Gasteiger partial charge in [-0.1, -0.05) is 63.1 Å². The van der Waals surface area contributed by atoms with E-state index in [9.17, 15) is 14.4 Å². The standard InChI is InChI=1S/C28H26BrClN6O3/c1-17-20(26(38)34(27(39)31-17)15-18-5-3-2-4-6-18)14-25(37)35-12-9-21(28(35)10-11-28)23-16-36(33-32-23)24-8-7-19(29)13-22(24)30/h2-8,13,16,21H,9-12,14-15H2,1H3,(H,31,39). The minimum Gasteiger partial charge on any atom is -0.336 e. The van der Waals surface area contributed by atoms with E-state index < -0.39 is 11.2 Å². The molecule has 2 aliphatic rings. The second kappa shape index (κ2) is 9.91. The van der Waals surface area contributed by atoms with Crippen LogP contribution in [0.4, 0.5) is 0 Å². The van der Waals surface area contributed by atoms with Gasteiger partial charge in [-0.25, -0.2) is 9.48 Å². The number of aryl methyl sites for hydroxylation is 1. The van der Waals surface area contributed by atoms with Crippen LogP contribution < -0.4 is 11.2 Å². The molecule has 1 unspecified atom stereocenters. The Morgan fingerprint density at radius 1 is 1.18 bits per heavy atom. The van der Waals surface area contributed by atoms with Crippen LogP contribution in [0.1, 0.15) is 47.7 Å². The Hall–Kier alpha value is -3.50. The third kappa shape index (κ3) is 4.65. The largest absolute Gasteiger partial charge is 0.336 e. The Kier molecular flexibility index (Phi) is 6.55. The number of aromatic nitrogens is 5. The molecule has 1 saturated heterocycles. The number of hydrogen-bond donors (Lipinski definition) is 1. The fraction of sp³-hybridized carbons (Fsp3) is 0.321. The first-order valence-corrected chi connectivity index (χ1v) is 14.0. The molecule has 2 aromatic carbocycles. The highest BCUT2D eigenvalue weighted by Crippen LogP contribution is 2.57. The van der Waals surface area contributed by atoms with Crippen LogP contribution in [0.25, 0.3) is 5.69 Å². The van der Waals surface area contributed by atoms with Crippen molar-refractivity contribution in [3.63, 3.8) is 0 Å². The summed E-state index contributed by atoms with van der Waals surface area (Å²) in [6.45, 7) is 2.39. The van der Waals surface area contributed by atoms with Gasteiger partial charge in [0.05, 0.1) is 41.1 Å². The summed E-state index contributed by atoms with van der Waals surface area (Å²) in [6.07, 6.45) is 4.34. The molecule has 6 rings (SSSR count). The maximum absolute atomic E-state index is 13.6. The molecule has 1 saturated carbocycles. The van der Waals surface area contributed by atoms with Gasteiger partial charge in [0.2, 0.25) is 5.91 Å². The van der Waals surface area contributed by atoms with Gasteiger partial charge in [0.25, 0.3) is 5.56 Å². The summed E-state index contributed by atoms with van der Waals surface area (Å²) in [5.41, 5.74) is 1.92. The van der Waals surface area contributed by atoms with E-state index in [2.05, 4.69) is 31.2 Å². The molecule has 1 spiro atoms. The number of hydrogen-bond acceptors (Lipinski definition) is 5. The molecular formula is C28H26BrClN6O3. The summed E-state index contributed by atoms with van der Waals surface area (Å²) in [5.74, 6) is -0.0623. The predicted molar refractivity (Wildman–Crippen MR) is 150 cm³/mol. The molecule has 1 amide bonds. The monoisotopic (exact) mass is 608 g/mol. The normalized spacial score (nSPS) is 17.6. The second-order valence-corrected chi connectivity index (χ2v) is 11.6. The van der Waals surface area contributed by atoms with Gasteiger partial charge in [0.1, 0.15) is 0 Å². The van der Waals surface area contributed by atoms with Crippen molar-refractivity contribution in [3.05, 3.63) is 108 Å². The number of halogens is 2. The molecule has 11 heteroatoms. The summed E-state index contributed by atoms with van der Waals surface area (Å²) >= 11 is 9.83. The van der Waals surface area contributed by atoms with Crippen molar-refractivity contribution in [1.29, 1.82) is 0 Å². The van der Waals surface area contributed by atoms with E-state index in [0.717, 1.165) is 45.2 Å². The van der Waals surface area contributed by atoms with Crippen molar-refractivity contribution in [1.82, 2.24) is 29.4 Å². The fourth-order valence-electron chi connectivity index (χ4n) is 5.78. The van der Waals surface area contributed by atoms with Crippen LogP contribution in [-0.4, -0.2) is 47.4 Å². The summed E-state index contributed by atoms with van der Waals surface area (Å²) in [5, 5.41) is 9.32. The third-order valence-corrected chi connectivity index (χ3v) is 8.72. The lowest BCUT2D eigenvalue weighted by atomic mass is 9.94. The number of benzene rings is 2. The fourth-order valence-corrected chi connectivity index (χ4v) is 6.54. The summed E-state index contributed by atoms with van der Waals surface area (Å²) < 4.78 is 3.71. The molecule has 39 heavy (non-hydrogen) atoms. The molecule has 2 aromatic heterocycles. The zero-order chi connectivity index (χ0) is 27.3. The number of carbonyl (C=O) groups is 1. The van der Waals surface area contributed by atoms with Gasteiger partial charge in [0, 0.05) is 28.2 Å². The van der Waals surface area contributed by atoms with Crippen LogP contribution in [0, 0.1) is 6.92 Å². The Balaban J connectivity index is 1.23. The highest BCUT2D eigenvalue weighted by Gasteiger charge is 2.60. The molecule has 1 aliphatic heterocycles. The van der Waals surface area contributed by atoms with Gasteiger partial charge >= 0.3 is 5.69 Å². The quantitative estimate of drug-likeness (QED) is 0.356. The highest BCUT2D eigenvalue weighted by atomic mass is 79.9. The Bertz CT molecular complexity index is 1690. The Labute approximate surface area is 237 Å². The van der Waals surface area contributed by atoms with Crippen LogP contribution in [0.3, 0.4) is 0 Å². The maximum Gasteiger partial charge on any atom is 0.328 e. The van der Waals surface area contributed by atoms with Gasteiger partial charge in [-0.3, -0.25) is 14.2 Å². The van der Waals surface area contributed by atoms with E-state index in [-0.39, 0.29) is 30.3 Å². The first kappa shape index (κ1) is 25.8. The van der Waals surface area contributed by atoms with E-state index in [4.69, 9.17) is 11.6 Å². The van der Waals surface area contributed by atoms with Crippen molar-refractivity contribution >= 4 is 33.4 Å². The van der Waals surface area contributed by atoms with Gasteiger partial charge in [-0.05, 0) is 49.9 Å². The molecule has 200 valence electrons. The predicted octanol–water partition coefficient (Wildman–Crippen LogP) is 3.98. The van der Waals surface area contributed by atoms with E-state index >= 15 is 0 Å². The van der Waals surface area contributed by atoms with E-state index in [0.29, 0.717) is 22.8 Å². The molecule has 9 nitrogen and oxygen atoms in total. The van der Waals surface area contributed by atoms with Gasteiger partial charge < -0.3 is 9.88 Å². The summed E-state index contributed by atoms with van der Waals surface area (Å²) in [7, 11) is 0. The van der Waals surface area contributed by atoms with E-state index in [1.54, 1.807) is 11.6 Å². The average Bonchev–Trinajstić information content (AvgIpc) is 3.38. The lowest BCUT2D eigenvalue weighted by Gasteiger charge is -2.27. The average molecular weight is 610 g/mol. The van der Waals surface area contributed by atoms with Crippen molar-refractivity contribution in [3.8, 4) is 5.69 Å². The number of carbonyl (C=O) groups excluding carboxylic acids is 1. The number of rotatable bonds is 6. The first-order valence-electron chi connectivity index (χ1n) is 12.8. The van der Waals surface area contributed by atoms with Crippen LogP contribution in [0.2, 0.25) is 5.02 Å². The second-order valence-electron chi connectivity index (χ2n) is 10.3. The van der Waals surface area contributed by atoms with Crippen LogP contribution >= 0.6 is 27.5 Å². The summed E-state index contributed by atoms with van der Waals surface area (Å²) in [6, 6.07) is 14.9. The van der Waals surface area contributed by atoms with E-state index in [1.165, 1.54) is 0 Å². The zero-order valence-electron chi connectivity index (χ0n) is 21.2. The maximum atomic E-state index is 13.6. The number of aromatic amines is 1. The molecular weight excluding hydrogens is 584 g/mol. The first-order chi connectivity index (χ1) is 18.8. The minimum absolute atomic E-state index is 0.0517. The van der Waals surface area contributed by atoms with Gasteiger partial charge in [0.15, 0.2) is 0 Å². The van der Waals surface area contributed by atoms with E-state index in [1.807, 2.05) is 59.6 Å². The SMILES string of the molecule is Cc1[nH]c(=O)n(Cc2ccccc2)c(=O)c1CC(=O)N1CCC(c2cn(-c3ccc(Br)cc3Cl)nn2)C12CC2. The van der Waals surface area contributed by atoms with Crippen molar-refractivity contribution in [2.45, 2.75) is 50.6 Å². The Morgan fingerprint density at radius 3 is 2.67 bits per heavy atom. The molecule has 1 atom stereocenters. The number of likely N-dealkylation sites (tertiary alicyclic amines) is 1. The zero-order valence-corrected chi connectivity index (χ0v) is 23.6. The van der Waals surface area contributed by atoms with Crippen molar-refractivity contribution < 1.29 is 4.79 Å². The smallest absolute Gasteiger partial charge is 0.328 e. The summed E-state index contributed by atoms with van der Waals surface area (Å²) in [4.78, 5) is 44.3. The number of amides is 1. The molecule has 1 aliphatic carbocycles. The minimum atomic E-state index is -0.480. The molecule has 4 aromatic rings. The third-order valence-electron chi connectivity index (χ3n) is 7.92. The lowest BCUT2D eigenvalue weighted by molar-refractivity contribution is -0.132. The molecule has 3 heterocycles. The van der Waals surface area contributed by atoms with Gasteiger partial charge in [-0.15, -0.1) is 5.10 Å². The Morgan fingerprint density at radius 2 is 1.95 bits per heavy atom.